The van der Waals surface area contributed by atoms with E-state index in [1.807, 2.05) is 44.1 Å². The molecule has 21 heavy (non-hydrogen) atoms. The number of anilines is 2. The van der Waals surface area contributed by atoms with Gasteiger partial charge in [-0.15, -0.1) is 10.2 Å². The van der Waals surface area contributed by atoms with Crippen LogP contribution in [0.25, 0.3) is 5.69 Å². The van der Waals surface area contributed by atoms with Gasteiger partial charge >= 0.3 is 5.97 Å². The number of thioether (sulfide) groups is 1. The molecule has 0 radical (unpaired) electrons. The summed E-state index contributed by atoms with van der Waals surface area (Å²) >= 11 is 1.09. The largest absolute Gasteiger partial charge is 0.481 e. The maximum absolute atomic E-state index is 10.7. The number of carboxylic acid groups (broad SMARTS) is 1. The number of hydrogen-bond acceptors (Lipinski definition) is 6. The van der Waals surface area contributed by atoms with E-state index in [2.05, 4.69) is 10.2 Å². The molecule has 2 aromatic rings. The lowest BCUT2D eigenvalue weighted by Gasteiger charge is -2.17. The molecule has 0 amide bonds. The molecular weight excluding hydrogens is 290 g/mol. The summed E-state index contributed by atoms with van der Waals surface area (Å²) in [6.45, 7) is 2.02. The molecule has 1 aromatic heterocycles. The van der Waals surface area contributed by atoms with Crippen LogP contribution in [-0.4, -0.2) is 45.7 Å². The zero-order valence-electron chi connectivity index (χ0n) is 12.1. The number of aryl methyl sites for hydroxylation is 1. The summed E-state index contributed by atoms with van der Waals surface area (Å²) in [5.74, 6) is -0.771. The van der Waals surface area contributed by atoms with Gasteiger partial charge in [-0.1, -0.05) is 17.8 Å². The highest BCUT2D eigenvalue weighted by Crippen LogP contribution is 2.27. The topological polar surface area (TPSA) is 97.3 Å². The minimum absolute atomic E-state index is 0.0927. The fraction of sp³-hybridized carbons (Fsp3) is 0.308. The van der Waals surface area contributed by atoms with Crippen molar-refractivity contribution in [3.05, 3.63) is 23.8 Å². The molecule has 0 bridgehead atoms. The maximum atomic E-state index is 10.7. The van der Waals surface area contributed by atoms with Crippen molar-refractivity contribution in [2.45, 2.75) is 12.1 Å². The Hall–Kier alpha value is -2.22. The van der Waals surface area contributed by atoms with E-state index in [0.717, 1.165) is 28.7 Å². The van der Waals surface area contributed by atoms with Crippen molar-refractivity contribution in [3.8, 4) is 5.69 Å². The van der Waals surface area contributed by atoms with Gasteiger partial charge in [0.25, 0.3) is 0 Å². The molecule has 1 aromatic carbocycles. The number of nitrogens with two attached hydrogens (primary N) is 1. The average molecular weight is 307 g/mol. The molecule has 0 aliphatic heterocycles. The molecule has 1 heterocycles. The number of nitrogens with zero attached hydrogens (tertiary/aromatic N) is 4. The van der Waals surface area contributed by atoms with E-state index in [-0.39, 0.29) is 11.7 Å². The second kappa shape index (κ2) is 6.04. The van der Waals surface area contributed by atoms with Crippen LogP contribution < -0.4 is 10.6 Å². The van der Waals surface area contributed by atoms with Crippen LogP contribution in [-0.2, 0) is 4.79 Å². The SMILES string of the molecule is Cc1ccc(-n2c(N)nnc2SCC(=O)O)cc1N(C)C. The van der Waals surface area contributed by atoms with Crippen LogP contribution in [0.15, 0.2) is 23.4 Å². The van der Waals surface area contributed by atoms with Crippen molar-refractivity contribution in [2.75, 3.05) is 30.5 Å². The molecule has 0 aliphatic carbocycles. The first-order valence-corrected chi connectivity index (χ1v) is 7.22. The van der Waals surface area contributed by atoms with Gasteiger partial charge in [-0.05, 0) is 24.6 Å². The van der Waals surface area contributed by atoms with Gasteiger partial charge in [0.05, 0.1) is 11.4 Å². The van der Waals surface area contributed by atoms with E-state index in [1.165, 1.54) is 0 Å². The third-order valence-corrected chi connectivity index (χ3v) is 3.83. The second-order valence-electron chi connectivity index (χ2n) is 4.72. The predicted molar refractivity (Wildman–Crippen MR) is 83.2 cm³/mol. The third-order valence-electron chi connectivity index (χ3n) is 2.92. The van der Waals surface area contributed by atoms with E-state index in [9.17, 15) is 4.79 Å². The Morgan fingerprint density at radius 3 is 2.76 bits per heavy atom. The van der Waals surface area contributed by atoms with Crippen molar-refractivity contribution in [2.24, 2.45) is 0 Å². The zero-order valence-corrected chi connectivity index (χ0v) is 12.9. The Kier molecular flexibility index (Phi) is 4.37. The number of benzene rings is 1. The molecule has 0 aliphatic rings. The monoisotopic (exact) mass is 307 g/mol. The van der Waals surface area contributed by atoms with Crippen LogP contribution in [0.1, 0.15) is 5.56 Å². The Morgan fingerprint density at radius 2 is 2.14 bits per heavy atom. The number of rotatable bonds is 5. The van der Waals surface area contributed by atoms with Crippen molar-refractivity contribution in [3.63, 3.8) is 0 Å². The molecule has 0 saturated heterocycles. The van der Waals surface area contributed by atoms with Gasteiger partial charge in [-0.25, -0.2) is 0 Å². The molecular formula is C13H17N5O2S. The number of carbonyl (C=O) groups is 1. The predicted octanol–water partition coefficient (Wildman–Crippen LogP) is 1.40. The van der Waals surface area contributed by atoms with Crippen LogP contribution in [0.4, 0.5) is 11.6 Å². The normalized spacial score (nSPS) is 10.6. The molecule has 2 rings (SSSR count). The van der Waals surface area contributed by atoms with Gasteiger partial charge in [-0.2, -0.15) is 0 Å². The highest BCUT2D eigenvalue weighted by molar-refractivity contribution is 7.99. The average Bonchev–Trinajstić information content (AvgIpc) is 2.78. The second-order valence-corrected chi connectivity index (χ2v) is 5.67. The van der Waals surface area contributed by atoms with Gasteiger partial charge in [0.2, 0.25) is 5.95 Å². The van der Waals surface area contributed by atoms with Crippen molar-refractivity contribution in [1.29, 1.82) is 0 Å². The third kappa shape index (κ3) is 3.27. The van der Waals surface area contributed by atoms with Crippen LogP contribution in [0.3, 0.4) is 0 Å². The Labute approximate surface area is 126 Å². The van der Waals surface area contributed by atoms with Gasteiger partial charge < -0.3 is 15.7 Å². The van der Waals surface area contributed by atoms with Gasteiger partial charge in [0.15, 0.2) is 5.16 Å². The number of aromatic nitrogens is 3. The summed E-state index contributed by atoms with van der Waals surface area (Å²) < 4.78 is 1.65. The van der Waals surface area contributed by atoms with E-state index in [4.69, 9.17) is 10.8 Å². The maximum Gasteiger partial charge on any atom is 0.313 e. The summed E-state index contributed by atoms with van der Waals surface area (Å²) in [7, 11) is 3.92. The minimum atomic E-state index is -0.911. The summed E-state index contributed by atoms with van der Waals surface area (Å²) in [5.41, 5.74) is 8.85. The van der Waals surface area contributed by atoms with E-state index in [1.54, 1.807) is 4.57 Å². The Balaban J connectivity index is 2.44. The van der Waals surface area contributed by atoms with Crippen molar-refractivity contribution >= 4 is 29.4 Å². The van der Waals surface area contributed by atoms with Crippen molar-refractivity contribution in [1.82, 2.24) is 14.8 Å². The molecule has 0 saturated carbocycles. The number of carboxylic acids is 1. The molecule has 7 nitrogen and oxygen atoms in total. The Morgan fingerprint density at radius 1 is 1.43 bits per heavy atom. The van der Waals surface area contributed by atoms with Crippen LogP contribution in [0.5, 0.6) is 0 Å². The number of nitrogen functional groups attached to an aromatic ring is 1. The lowest BCUT2D eigenvalue weighted by Crippen LogP contribution is -2.11. The van der Waals surface area contributed by atoms with Gasteiger partial charge in [0, 0.05) is 19.8 Å². The summed E-state index contributed by atoms with van der Waals surface area (Å²) in [4.78, 5) is 12.7. The lowest BCUT2D eigenvalue weighted by molar-refractivity contribution is -0.133. The van der Waals surface area contributed by atoms with Crippen molar-refractivity contribution < 1.29 is 9.90 Å². The van der Waals surface area contributed by atoms with Gasteiger partial charge in [-0.3, -0.25) is 9.36 Å². The van der Waals surface area contributed by atoms with E-state index < -0.39 is 5.97 Å². The molecule has 3 N–H and O–H groups in total. The summed E-state index contributed by atoms with van der Waals surface area (Å²) in [5, 5.41) is 17.0. The summed E-state index contributed by atoms with van der Waals surface area (Å²) in [6.07, 6.45) is 0. The molecule has 0 fully saturated rings. The van der Waals surface area contributed by atoms with E-state index in [0.29, 0.717) is 5.16 Å². The standard InChI is InChI=1S/C13H17N5O2S/c1-8-4-5-9(6-10(8)17(2)3)18-12(14)15-16-13(18)21-7-11(19)20/h4-6H,7H2,1-3H3,(H2,14,15)(H,19,20). The molecule has 0 spiro atoms. The summed E-state index contributed by atoms with van der Waals surface area (Å²) in [6, 6.07) is 5.86. The zero-order chi connectivity index (χ0) is 15.6. The minimum Gasteiger partial charge on any atom is -0.481 e. The first kappa shape index (κ1) is 15.2. The van der Waals surface area contributed by atoms with Crippen LogP contribution in [0.2, 0.25) is 0 Å². The fourth-order valence-corrected chi connectivity index (χ4v) is 2.64. The highest BCUT2D eigenvalue weighted by Gasteiger charge is 2.14. The molecule has 0 unspecified atom stereocenters. The first-order valence-electron chi connectivity index (χ1n) is 6.24. The van der Waals surface area contributed by atoms with Crippen LogP contribution >= 0.6 is 11.8 Å². The molecule has 112 valence electrons. The lowest BCUT2D eigenvalue weighted by atomic mass is 10.1. The van der Waals surface area contributed by atoms with Crippen LogP contribution in [0, 0.1) is 6.92 Å². The molecule has 8 heteroatoms. The van der Waals surface area contributed by atoms with Gasteiger partial charge in [0.1, 0.15) is 0 Å². The number of aliphatic carboxylic acids is 1. The Bertz CT molecular complexity index is 669. The number of hydrogen-bond donors (Lipinski definition) is 2. The first-order chi connectivity index (χ1) is 9.90. The van der Waals surface area contributed by atoms with E-state index >= 15 is 0 Å². The smallest absolute Gasteiger partial charge is 0.313 e. The quantitative estimate of drug-likeness (QED) is 0.806. The fourth-order valence-electron chi connectivity index (χ4n) is 1.96. The molecule has 0 atom stereocenters. The highest BCUT2D eigenvalue weighted by atomic mass is 32.2.